The number of nitrogens with one attached hydrogen (secondary N) is 1. The smallest absolute Gasteiger partial charge is 0.227 e. The molecule has 2 aliphatic rings. The van der Waals surface area contributed by atoms with E-state index in [-0.39, 0.29) is 23.7 Å². The van der Waals surface area contributed by atoms with Crippen LogP contribution in [0.5, 0.6) is 0 Å². The molecule has 0 aliphatic carbocycles. The molecule has 0 unspecified atom stereocenters. The normalized spacial score (nSPS) is 26.8. The number of hydrogen-bond acceptors (Lipinski definition) is 3. The maximum atomic E-state index is 13.8. The first-order valence-electron chi connectivity index (χ1n) is 7.11. The Bertz CT molecular complexity index is 489. The third-order valence-corrected chi connectivity index (χ3v) is 4.04. The molecule has 0 saturated carbocycles. The van der Waals surface area contributed by atoms with E-state index in [9.17, 15) is 9.18 Å². The summed E-state index contributed by atoms with van der Waals surface area (Å²) in [6.07, 6.45) is 0.531. The number of carbonyl (C=O) groups excluding carboxylic acids is 1. The van der Waals surface area contributed by atoms with Crippen LogP contribution in [-0.4, -0.2) is 43.6 Å². The lowest BCUT2D eigenvalue weighted by Gasteiger charge is -2.34. The first-order chi connectivity index (χ1) is 9.75. The van der Waals surface area contributed by atoms with Crippen molar-refractivity contribution >= 4 is 5.91 Å². The number of halogens is 1. The van der Waals surface area contributed by atoms with Crippen molar-refractivity contribution in [2.45, 2.75) is 12.5 Å². The van der Waals surface area contributed by atoms with Gasteiger partial charge in [-0.15, -0.1) is 0 Å². The Kier molecular flexibility index (Phi) is 3.98. The summed E-state index contributed by atoms with van der Waals surface area (Å²) in [7, 11) is 0. The second kappa shape index (κ2) is 5.89. The fourth-order valence-corrected chi connectivity index (χ4v) is 2.90. The van der Waals surface area contributed by atoms with Crippen LogP contribution in [0, 0.1) is 11.7 Å². The van der Waals surface area contributed by atoms with Gasteiger partial charge in [-0.3, -0.25) is 4.79 Å². The summed E-state index contributed by atoms with van der Waals surface area (Å²) in [4.78, 5) is 14.2. The maximum absolute atomic E-state index is 13.8. The molecule has 2 fully saturated rings. The topological polar surface area (TPSA) is 41.6 Å². The van der Waals surface area contributed by atoms with E-state index >= 15 is 0 Å². The highest BCUT2D eigenvalue weighted by Gasteiger charge is 2.32. The van der Waals surface area contributed by atoms with Crippen LogP contribution >= 0.6 is 0 Å². The van der Waals surface area contributed by atoms with Gasteiger partial charge in [-0.1, -0.05) is 18.2 Å². The minimum absolute atomic E-state index is 0.0642. The Hall–Kier alpha value is -1.46. The molecule has 3 rings (SSSR count). The third-order valence-electron chi connectivity index (χ3n) is 4.04. The molecule has 1 amide bonds. The fraction of sp³-hybridized carbons (Fsp3) is 0.533. The highest BCUT2D eigenvalue weighted by Crippen LogP contribution is 2.25. The summed E-state index contributed by atoms with van der Waals surface area (Å²) in [6, 6.07) is 6.61. The highest BCUT2D eigenvalue weighted by molar-refractivity contribution is 5.79. The average molecular weight is 278 g/mol. The van der Waals surface area contributed by atoms with E-state index in [0.29, 0.717) is 25.3 Å². The molecule has 0 aromatic heterocycles. The number of ether oxygens (including phenoxy) is 1. The van der Waals surface area contributed by atoms with Crippen LogP contribution in [0.25, 0.3) is 0 Å². The zero-order valence-electron chi connectivity index (χ0n) is 11.3. The van der Waals surface area contributed by atoms with Crippen molar-refractivity contribution in [2.24, 2.45) is 5.92 Å². The molecule has 20 heavy (non-hydrogen) atoms. The maximum Gasteiger partial charge on any atom is 0.227 e. The number of rotatable bonds is 2. The standard InChI is InChI=1S/C15H19FN2O2/c16-13-4-2-1-3-12(13)14-10-18(7-8-20-14)15(19)11-5-6-17-9-11/h1-4,11,14,17H,5-10H2/t11-,14+/m1/s1. The largest absolute Gasteiger partial charge is 0.370 e. The van der Waals surface area contributed by atoms with E-state index in [0.717, 1.165) is 19.5 Å². The van der Waals surface area contributed by atoms with Gasteiger partial charge in [-0.25, -0.2) is 4.39 Å². The van der Waals surface area contributed by atoms with Crippen LogP contribution in [0.2, 0.25) is 0 Å². The summed E-state index contributed by atoms with van der Waals surface area (Å²) in [6.45, 7) is 3.15. The number of nitrogens with zero attached hydrogens (tertiary/aromatic N) is 1. The molecule has 5 heteroatoms. The Morgan fingerprint density at radius 3 is 3.00 bits per heavy atom. The van der Waals surface area contributed by atoms with Gasteiger partial charge in [0.25, 0.3) is 0 Å². The minimum Gasteiger partial charge on any atom is -0.370 e. The summed E-state index contributed by atoms with van der Waals surface area (Å²) < 4.78 is 19.4. The van der Waals surface area contributed by atoms with Crippen LogP contribution < -0.4 is 5.32 Å². The van der Waals surface area contributed by atoms with Crippen LogP contribution in [0.4, 0.5) is 4.39 Å². The molecule has 2 heterocycles. The molecule has 4 nitrogen and oxygen atoms in total. The Balaban J connectivity index is 1.70. The number of amides is 1. The second-order valence-corrected chi connectivity index (χ2v) is 5.35. The van der Waals surface area contributed by atoms with Crippen LogP contribution in [0.1, 0.15) is 18.1 Å². The molecule has 1 N–H and O–H groups in total. The summed E-state index contributed by atoms with van der Waals surface area (Å²) in [5.41, 5.74) is 0.537. The van der Waals surface area contributed by atoms with Crippen LogP contribution in [-0.2, 0) is 9.53 Å². The lowest BCUT2D eigenvalue weighted by molar-refractivity contribution is -0.142. The van der Waals surface area contributed by atoms with Crippen molar-refractivity contribution in [1.29, 1.82) is 0 Å². The fourth-order valence-electron chi connectivity index (χ4n) is 2.90. The predicted octanol–water partition coefficient (Wildman–Crippen LogP) is 1.34. The van der Waals surface area contributed by atoms with E-state index in [2.05, 4.69) is 5.32 Å². The van der Waals surface area contributed by atoms with Gasteiger partial charge in [0.1, 0.15) is 11.9 Å². The molecular weight excluding hydrogens is 259 g/mol. The van der Waals surface area contributed by atoms with Gasteiger partial charge in [-0.05, 0) is 19.0 Å². The van der Waals surface area contributed by atoms with Gasteiger partial charge in [-0.2, -0.15) is 0 Å². The van der Waals surface area contributed by atoms with E-state index in [1.807, 2.05) is 4.90 Å². The average Bonchev–Trinajstić information content (AvgIpc) is 3.01. The number of hydrogen-bond donors (Lipinski definition) is 1. The molecule has 1 aromatic rings. The molecule has 0 bridgehead atoms. The molecular formula is C15H19FN2O2. The SMILES string of the molecule is O=C([C@@H]1CCNC1)N1CCO[C@H](c2ccccc2F)C1. The van der Waals surface area contributed by atoms with Gasteiger partial charge >= 0.3 is 0 Å². The second-order valence-electron chi connectivity index (χ2n) is 5.35. The van der Waals surface area contributed by atoms with Gasteiger partial charge < -0.3 is 15.0 Å². The van der Waals surface area contributed by atoms with Crippen molar-refractivity contribution in [3.05, 3.63) is 35.6 Å². The van der Waals surface area contributed by atoms with E-state index in [1.54, 1.807) is 18.2 Å². The predicted molar refractivity (Wildman–Crippen MR) is 72.6 cm³/mol. The molecule has 0 spiro atoms. The number of morpholine rings is 1. The van der Waals surface area contributed by atoms with Crippen molar-refractivity contribution in [1.82, 2.24) is 10.2 Å². The monoisotopic (exact) mass is 278 g/mol. The minimum atomic E-state index is -0.358. The van der Waals surface area contributed by atoms with Gasteiger partial charge in [0.2, 0.25) is 5.91 Å². The first kappa shape index (κ1) is 13.5. The van der Waals surface area contributed by atoms with Crippen molar-refractivity contribution in [3.63, 3.8) is 0 Å². The lowest BCUT2D eigenvalue weighted by Crippen LogP contribution is -2.45. The Labute approximate surface area is 117 Å². The quantitative estimate of drug-likeness (QED) is 0.887. The summed E-state index contributed by atoms with van der Waals surface area (Å²) in [5, 5.41) is 3.21. The summed E-state index contributed by atoms with van der Waals surface area (Å²) in [5.74, 6) is -0.0386. The molecule has 108 valence electrons. The molecule has 0 radical (unpaired) electrons. The van der Waals surface area contributed by atoms with Crippen molar-refractivity contribution in [3.8, 4) is 0 Å². The zero-order chi connectivity index (χ0) is 13.9. The van der Waals surface area contributed by atoms with E-state index < -0.39 is 0 Å². The van der Waals surface area contributed by atoms with Crippen LogP contribution in [0.15, 0.2) is 24.3 Å². The summed E-state index contributed by atoms with van der Waals surface area (Å²) >= 11 is 0. The van der Waals surface area contributed by atoms with Crippen molar-refractivity contribution in [2.75, 3.05) is 32.8 Å². The molecule has 2 aliphatic heterocycles. The molecule has 1 aromatic carbocycles. The van der Waals surface area contributed by atoms with Crippen molar-refractivity contribution < 1.29 is 13.9 Å². The molecule has 2 atom stereocenters. The molecule has 2 saturated heterocycles. The highest BCUT2D eigenvalue weighted by atomic mass is 19.1. The number of carbonyl (C=O) groups is 1. The van der Waals surface area contributed by atoms with E-state index in [1.165, 1.54) is 6.07 Å². The first-order valence-corrected chi connectivity index (χ1v) is 7.11. The third kappa shape index (κ3) is 2.69. The number of benzene rings is 1. The van der Waals surface area contributed by atoms with Gasteiger partial charge in [0.05, 0.1) is 19.1 Å². The van der Waals surface area contributed by atoms with Gasteiger partial charge in [0, 0.05) is 18.7 Å². The van der Waals surface area contributed by atoms with E-state index in [4.69, 9.17) is 4.74 Å². The van der Waals surface area contributed by atoms with Crippen LogP contribution in [0.3, 0.4) is 0 Å². The van der Waals surface area contributed by atoms with Gasteiger partial charge in [0.15, 0.2) is 0 Å². The lowest BCUT2D eigenvalue weighted by atomic mass is 10.0. The Morgan fingerprint density at radius 2 is 2.25 bits per heavy atom. The zero-order valence-corrected chi connectivity index (χ0v) is 11.3. The Morgan fingerprint density at radius 1 is 1.40 bits per heavy atom.